The highest BCUT2D eigenvalue weighted by molar-refractivity contribution is 6.05. The van der Waals surface area contributed by atoms with Crippen molar-refractivity contribution in [2.24, 2.45) is 0 Å². The Morgan fingerprint density at radius 2 is 1.90 bits per heavy atom. The SMILES string of the molecule is CCOc1nc(N2CCNCC2)nc2c1oc1nc(-c3ccc(F)cc3)cc(C)c12. The van der Waals surface area contributed by atoms with Crippen LogP contribution in [0.4, 0.5) is 10.3 Å². The van der Waals surface area contributed by atoms with E-state index in [1.807, 2.05) is 19.9 Å². The first kappa shape index (κ1) is 18.7. The summed E-state index contributed by atoms with van der Waals surface area (Å²) in [5.41, 5.74) is 4.18. The molecule has 0 radical (unpaired) electrons. The molecule has 0 saturated carbocycles. The minimum atomic E-state index is -0.280. The van der Waals surface area contributed by atoms with E-state index < -0.39 is 0 Å². The molecule has 154 valence electrons. The highest BCUT2D eigenvalue weighted by atomic mass is 19.1. The molecule has 0 amide bonds. The minimum Gasteiger partial charge on any atom is -0.475 e. The summed E-state index contributed by atoms with van der Waals surface area (Å²) < 4.78 is 25.2. The lowest BCUT2D eigenvalue weighted by Gasteiger charge is -2.27. The number of nitrogens with zero attached hydrogens (tertiary/aromatic N) is 4. The predicted molar refractivity (Wildman–Crippen MR) is 113 cm³/mol. The van der Waals surface area contributed by atoms with Gasteiger partial charge in [-0.15, -0.1) is 0 Å². The maximum atomic E-state index is 13.3. The molecule has 0 bridgehead atoms. The summed E-state index contributed by atoms with van der Waals surface area (Å²) in [4.78, 5) is 16.3. The van der Waals surface area contributed by atoms with E-state index in [0.717, 1.165) is 42.7 Å². The predicted octanol–water partition coefficient (Wildman–Crippen LogP) is 3.69. The molecule has 4 heterocycles. The monoisotopic (exact) mass is 407 g/mol. The van der Waals surface area contributed by atoms with Gasteiger partial charge >= 0.3 is 0 Å². The second-order valence-corrected chi connectivity index (χ2v) is 7.29. The number of pyridine rings is 1. The van der Waals surface area contributed by atoms with Gasteiger partial charge in [-0.25, -0.2) is 14.4 Å². The fourth-order valence-electron chi connectivity index (χ4n) is 3.79. The van der Waals surface area contributed by atoms with E-state index in [4.69, 9.17) is 14.1 Å². The number of halogens is 1. The Balaban J connectivity index is 1.70. The zero-order valence-electron chi connectivity index (χ0n) is 16.9. The molecule has 1 saturated heterocycles. The summed E-state index contributed by atoms with van der Waals surface area (Å²) in [5.74, 6) is 0.784. The third-order valence-corrected chi connectivity index (χ3v) is 5.26. The molecule has 1 aliphatic rings. The van der Waals surface area contributed by atoms with Crippen LogP contribution in [-0.4, -0.2) is 47.7 Å². The summed E-state index contributed by atoms with van der Waals surface area (Å²) in [7, 11) is 0. The number of ether oxygens (including phenoxy) is 1. The number of fused-ring (bicyclic) bond motifs is 3. The molecule has 0 atom stereocenters. The average molecular weight is 407 g/mol. The Hall–Kier alpha value is -3.26. The number of aromatic nitrogens is 3. The second-order valence-electron chi connectivity index (χ2n) is 7.29. The number of aryl methyl sites for hydroxylation is 1. The molecule has 1 N–H and O–H groups in total. The molecule has 0 spiro atoms. The summed E-state index contributed by atoms with van der Waals surface area (Å²) in [5, 5.41) is 4.18. The van der Waals surface area contributed by atoms with Gasteiger partial charge in [0, 0.05) is 31.7 Å². The van der Waals surface area contributed by atoms with E-state index in [2.05, 4.69) is 20.2 Å². The van der Waals surface area contributed by atoms with Gasteiger partial charge in [-0.05, 0) is 49.7 Å². The number of hydrogen-bond acceptors (Lipinski definition) is 7. The van der Waals surface area contributed by atoms with Crippen LogP contribution in [0.25, 0.3) is 33.5 Å². The summed E-state index contributed by atoms with van der Waals surface area (Å²) in [6, 6.07) is 8.23. The van der Waals surface area contributed by atoms with Crippen LogP contribution in [0, 0.1) is 12.7 Å². The molecule has 5 rings (SSSR count). The van der Waals surface area contributed by atoms with Crippen LogP contribution < -0.4 is 15.0 Å². The zero-order valence-corrected chi connectivity index (χ0v) is 16.9. The van der Waals surface area contributed by atoms with Gasteiger partial charge in [-0.1, -0.05) is 0 Å². The molecule has 1 fully saturated rings. The lowest BCUT2D eigenvalue weighted by atomic mass is 10.1. The third kappa shape index (κ3) is 3.23. The maximum absolute atomic E-state index is 13.3. The summed E-state index contributed by atoms with van der Waals surface area (Å²) >= 11 is 0. The quantitative estimate of drug-likeness (QED) is 0.553. The van der Waals surface area contributed by atoms with Crippen LogP contribution >= 0.6 is 0 Å². The van der Waals surface area contributed by atoms with Crippen molar-refractivity contribution in [1.29, 1.82) is 0 Å². The largest absolute Gasteiger partial charge is 0.475 e. The van der Waals surface area contributed by atoms with Crippen LogP contribution in [0.2, 0.25) is 0 Å². The molecule has 8 heteroatoms. The normalized spacial score (nSPS) is 14.6. The van der Waals surface area contributed by atoms with Crippen molar-refractivity contribution in [1.82, 2.24) is 20.3 Å². The first-order chi connectivity index (χ1) is 14.6. The van der Waals surface area contributed by atoms with Crippen molar-refractivity contribution in [3.63, 3.8) is 0 Å². The number of rotatable bonds is 4. The van der Waals surface area contributed by atoms with Crippen molar-refractivity contribution in [3.8, 4) is 17.1 Å². The molecule has 1 aromatic carbocycles. The number of benzene rings is 1. The standard InChI is InChI=1S/C22H22FN5O2/c1-3-29-21-19-18(26-22(27-21)28-10-8-24-9-11-28)17-13(2)12-16(25-20(17)30-19)14-4-6-15(23)7-5-14/h4-7,12,24H,3,8-11H2,1-2H3. The van der Waals surface area contributed by atoms with E-state index in [0.29, 0.717) is 40.9 Å². The van der Waals surface area contributed by atoms with Gasteiger partial charge in [0.15, 0.2) is 0 Å². The topological polar surface area (TPSA) is 76.3 Å². The van der Waals surface area contributed by atoms with Crippen LogP contribution in [0.1, 0.15) is 12.5 Å². The number of hydrogen-bond donors (Lipinski definition) is 1. The van der Waals surface area contributed by atoms with Gasteiger partial charge in [-0.3, -0.25) is 0 Å². The van der Waals surface area contributed by atoms with E-state index in [1.165, 1.54) is 12.1 Å². The highest BCUT2D eigenvalue weighted by Crippen LogP contribution is 2.36. The number of nitrogens with one attached hydrogen (secondary N) is 1. The molecule has 7 nitrogen and oxygen atoms in total. The number of anilines is 1. The average Bonchev–Trinajstić information content (AvgIpc) is 3.14. The zero-order chi connectivity index (χ0) is 20.7. The molecule has 3 aromatic heterocycles. The van der Waals surface area contributed by atoms with Gasteiger partial charge in [0.2, 0.25) is 17.2 Å². The minimum absolute atomic E-state index is 0.280. The van der Waals surface area contributed by atoms with Crippen LogP contribution in [-0.2, 0) is 0 Å². The molecular weight excluding hydrogens is 385 g/mol. The van der Waals surface area contributed by atoms with Gasteiger partial charge in [-0.2, -0.15) is 4.98 Å². The van der Waals surface area contributed by atoms with Crippen LogP contribution in [0.15, 0.2) is 34.7 Å². The van der Waals surface area contributed by atoms with Crippen molar-refractivity contribution >= 4 is 28.1 Å². The Morgan fingerprint density at radius 1 is 1.13 bits per heavy atom. The Kier molecular flexibility index (Phi) is 4.71. The van der Waals surface area contributed by atoms with E-state index in [9.17, 15) is 4.39 Å². The summed E-state index contributed by atoms with van der Waals surface area (Å²) in [6.07, 6.45) is 0. The lowest BCUT2D eigenvalue weighted by molar-refractivity contribution is 0.325. The van der Waals surface area contributed by atoms with Crippen LogP contribution in [0.5, 0.6) is 5.88 Å². The van der Waals surface area contributed by atoms with Crippen molar-refractivity contribution in [2.45, 2.75) is 13.8 Å². The molecule has 0 aliphatic carbocycles. The van der Waals surface area contributed by atoms with Gasteiger partial charge in [0.25, 0.3) is 5.88 Å². The summed E-state index contributed by atoms with van der Waals surface area (Å²) in [6.45, 7) is 7.82. The Morgan fingerprint density at radius 3 is 2.63 bits per heavy atom. The highest BCUT2D eigenvalue weighted by Gasteiger charge is 2.23. The van der Waals surface area contributed by atoms with Crippen molar-refractivity contribution in [2.75, 3.05) is 37.7 Å². The van der Waals surface area contributed by atoms with Gasteiger partial charge < -0.3 is 19.4 Å². The Bertz CT molecular complexity index is 1220. The molecule has 0 unspecified atom stereocenters. The first-order valence-electron chi connectivity index (χ1n) is 10.1. The van der Waals surface area contributed by atoms with E-state index >= 15 is 0 Å². The van der Waals surface area contributed by atoms with E-state index in [-0.39, 0.29) is 5.82 Å². The number of furan rings is 1. The molecule has 4 aromatic rings. The molecule has 30 heavy (non-hydrogen) atoms. The smallest absolute Gasteiger partial charge is 0.263 e. The van der Waals surface area contributed by atoms with Crippen molar-refractivity contribution < 1.29 is 13.5 Å². The Labute approximate surface area is 172 Å². The fraction of sp³-hybridized carbons (Fsp3) is 0.318. The fourth-order valence-corrected chi connectivity index (χ4v) is 3.79. The number of piperazine rings is 1. The van der Waals surface area contributed by atoms with Gasteiger partial charge in [0.1, 0.15) is 11.3 Å². The van der Waals surface area contributed by atoms with Gasteiger partial charge in [0.05, 0.1) is 17.7 Å². The lowest BCUT2D eigenvalue weighted by Crippen LogP contribution is -2.44. The molecule has 1 aliphatic heterocycles. The van der Waals surface area contributed by atoms with E-state index in [1.54, 1.807) is 12.1 Å². The van der Waals surface area contributed by atoms with Crippen LogP contribution in [0.3, 0.4) is 0 Å². The van der Waals surface area contributed by atoms with Crippen molar-refractivity contribution in [3.05, 3.63) is 41.7 Å². The maximum Gasteiger partial charge on any atom is 0.263 e. The second kappa shape index (κ2) is 7.53. The third-order valence-electron chi connectivity index (χ3n) is 5.26. The molecular formula is C22H22FN5O2. The first-order valence-corrected chi connectivity index (χ1v) is 10.1.